The SMILES string of the molecule is COC(=O)N1C(=O)C(=C(C)C)c2ccccc21.COC(=O)N1C(=O)C(=C(C)C)c2ccccc21. The molecule has 0 bridgehead atoms. The van der Waals surface area contributed by atoms with E-state index in [0.29, 0.717) is 22.5 Å². The Morgan fingerprint density at radius 3 is 1.24 bits per heavy atom. The maximum atomic E-state index is 12.2. The fourth-order valence-electron chi connectivity index (χ4n) is 3.94. The van der Waals surface area contributed by atoms with E-state index in [0.717, 1.165) is 32.1 Å². The summed E-state index contributed by atoms with van der Waals surface area (Å²) in [6.07, 6.45) is -1.31. The molecular weight excluding hydrogens is 436 g/mol. The number of hydrogen-bond donors (Lipinski definition) is 0. The van der Waals surface area contributed by atoms with Crippen molar-refractivity contribution in [2.45, 2.75) is 27.7 Å². The molecule has 0 aliphatic carbocycles. The van der Waals surface area contributed by atoms with Gasteiger partial charge in [-0.3, -0.25) is 9.59 Å². The molecule has 2 aliphatic rings. The van der Waals surface area contributed by atoms with Crippen molar-refractivity contribution in [3.8, 4) is 0 Å². The summed E-state index contributed by atoms with van der Waals surface area (Å²) in [7, 11) is 2.53. The Morgan fingerprint density at radius 1 is 0.618 bits per heavy atom. The van der Waals surface area contributed by atoms with Gasteiger partial charge >= 0.3 is 12.2 Å². The fourth-order valence-corrected chi connectivity index (χ4v) is 3.94. The Hall–Kier alpha value is -4.20. The van der Waals surface area contributed by atoms with E-state index in [-0.39, 0.29) is 11.8 Å². The number of nitrogens with zero attached hydrogens (tertiary/aromatic N) is 2. The van der Waals surface area contributed by atoms with Gasteiger partial charge < -0.3 is 9.47 Å². The minimum atomic E-state index is -0.654. The summed E-state index contributed by atoms with van der Waals surface area (Å²) in [4.78, 5) is 49.7. The van der Waals surface area contributed by atoms with Gasteiger partial charge in [-0.15, -0.1) is 0 Å². The minimum absolute atomic E-state index is 0.321. The first-order valence-electron chi connectivity index (χ1n) is 10.5. The molecule has 4 amide bonds. The number of amides is 4. The van der Waals surface area contributed by atoms with Gasteiger partial charge in [-0.05, 0) is 39.8 Å². The summed E-state index contributed by atoms with van der Waals surface area (Å²) in [6.45, 7) is 7.41. The second-order valence-corrected chi connectivity index (χ2v) is 8.01. The summed E-state index contributed by atoms with van der Waals surface area (Å²) < 4.78 is 9.27. The first-order valence-corrected chi connectivity index (χ1v) is 10.5. The molecule has 0 saturated carbocycles. The van der Waals surface area contributed by atoms with Crippen molar-refractivity contribution in [3.63, 3.8) is 0 Å². The summed E-state index contributed by atoms with van der Waals surface area (Å²) in [6, 6.07) is 14.4. The molecule has 0 aromatic heterocycles. The lowest BCUT2D eigenvalue weighted by Gasteiger charge is -2.12. The molecule has 2 aliphatic heterocycles. The molecule has 8 nitrogen and oxygen atoms in total. The number of rotatable bonds is 0. The third-order valence-electron chi connectivity index (χ3n) is 5.38. The highest BCUT2D eigenvalue weighted by Gasteiger charge is 2.38. The van der Waals surface area contributed by atoms with Crippen LogP contribution in [-0.2, 0) is 19.1 Å². The number of hydrogen-bond acceptors (Lipinski definition) is 6. The molecule has 176 valence electrons. The molecule has 0 unspecified atom stereocenters. The quantitative estimate of drug-likeness (QED) is 0.501. The largest absolute Gasteiger partial charge is 0.452 e. The number of carbonyl (C=O) groups is 4. The Kier molecular flexibility index (Phi) is 7.00. The highest BCUT2D eigenvalue weighted by atomic mass is 16.5. The third kappa shape index (κ3) is 4.10. The zero-order valence-electron chi connectivity index (χ0n) is 20.0. The first kappa shape index (κ1) is 24.4. The van der Waals surface area contributed by atoms with Gasteiger partial charge in [-0.25, -0.2) is 19.4 Å². The van der Waals surface area contributed by atoms with Crippen molar-refractivity contribution < 1.29 is 28.7 Å². The summed E-state index contributed by atoms with van der Waals surface area (Å²) in [5, 5.41) is 0. The van der Waals surface area contributed by atoms with E-state index in [2.05, 4.69) is 9.47 Å². The average Bonchev–Trinajstić information content (AvgIpc) is 3.28. The van der Waals surface area contributed by atoms with Crippen LogP contribution < -0.4 is 9.80 Å². The van der Waals surface area contributed by atoms with E-state index in [1.807, 2.05) is 52.0 Å². The zero-order valence-corrected chi connectivity index (χ0v) is 20.0. The molecule has 2 aromatic rings. The molecule has 0 radical (unpaired) electrons. The fraction of sp³-hybridized carbons (Fsp3) is 0.231. The van der Waals surface area contributed by atoms with E-state index in [9.17, 15) is 19.2 Å². The molecule has 0 N–H and O–H groups in total. The van der Waals surface area contributed by atoms with Crippen LogP contribution in [0, 0.1) is 0 Å². The van der Waals surface area contributed by atoms with Crippen LogP contribution in [0.1, 0.15) is 38.8 Å². The van der Waals surface area contributed by atoms with Crippen LogP contribution in [0.2, 0.25) is 0 Å². The Balaban J connectivity index is 0.000000191. The molecule has 8 heteroatoms. The molecular formula is C26H26N2O6. The third-order valence-corrected chi connectivity index (χ3v) is 5.38. The second-order valence-electron chi connectivity index (χ2n) is 8.01. The van der Waals surface area contributed by atoms with Crippen LogP contribution >= 0.6 is 0 Å². The number of ether oxygens (including phenoxy) is 2. The first-order chi connectivity index (χ1) is 16.1. The Bertz CT molecular complexity index is 1150. The standard InChI is InChI=1S/2C13H13NO3/c2*1-8(2)11-9-6-4-5-7-10(9)14(12(11)15)13(16)17-3/h2*4-7H,1-3H3. The molecule has 4 rings (SSSR count). The van der Waals surface area contributed by atoms with E-state index in [4.69, 9.17) is 0 Å². The van der Waals surface area contributed by atoms with Gasteiger partial charge in [0.15, 0.2) is 0 Å². The number of anilines is 2. The van der Waals surface area contributed by atoms with Gasteiger partial charge in [0.05, 0.1) is 25.6 Å². The number of carbonyl (C=O) groups excluding carboxylic acids is 4. The zero-order chi connectivity index (χ0) is 25.2. The molecule has 34 heavy (non-hydrogen) atoms. The van der Waals surface area contributed by atoms with Gasteiger partial charge in [-0.2, -0.15) is 0 Å². The highest BCUT2D eigenvalue weighted by Crippen LogP contribution is 2.39. The van der Waals surface area contributed by atoms with E-state index in [1.54, 1.807) is 24.3 Å². The average molecular weight is 463 g/mol. The van der Waals surface area contributed by atoms with Crippen LogP contribution in [-0.4, -0.2) is 38.2 Å². The lowest BCUT2D eigenvalue weighted by atomic mass is 10.0. The maximum absolute atomic E-state index is 12.2. The van der Waals surface area contributed by atoms with Gasteiger partial charge in [0.2, 0.25) is 0 Å². The highest BCUT2D eigenvalue weighted by molar-refractivity contribution is 6.40. The lowest BCUT2D eigenvalue weighted by molar-refractivity contribution is -0.113. The van der Waals surface area contributed by atoms with Crippen molar-refractivity contribution in [1.29, 1.82) is 0 Å². The summed E-state index contributed by atoms with van der Waals surface area (Å²) in [5.74, 6) is -0.642. The van der Waals surface area contributed by atoms with Crippen molar-refractivity contribution >= 4 is 46.5 Å². The summed E-state index contributed by atoms with van der Waals surface area (Å²) in [5.41, 5.74) is 5.65. The molecule has 0 spiro atoms. The number of benzene rings is 2. The van der Waals surface area contributed by atoms with Crippen molar-refractivity contribution in [2.75, 3.05) is 24.0 Å². The van der Waals surface area contributed by atoms with Crippen molar-refractivity contribution in [1.82, 2.24) is 0 Å². The normalized spacial score (nSPS) is 13.7. The molecule has 2 heterocycles. The summed E-state index contributed by atoms with van der Waals surface area (Å²) >= 11 is 0. The van der Waals surface area contributed by atoms with E-state index < -0.39 is 12.2 Å². The molecule has 0 fully saturated rings. The van der Waals surface area contributed by atoms with Crippen LogP contribution in [0.25, 0.3) is 11.1 Å². The Morgan fingerprint density at radius 2 is 0.941 bits per heavy atom. The number of fused-ring (bicyclic) bond motifs is 2. The van der Waals surface area contributed by atoms with Gasteiger partial charge in [0, 0.05) is 22.3 Å². The van der Waals surface area contributed by atoms with Crippen LogP contribution in [0.3, 0.4) is 0 Å². The molecule has 0 atom stereocenters. The number of para-hydroxylation sites is 2. The predicted molar refractivity (Wildman–Crippen MR) is 129 cm³/mol. The van der Waals surface area contributed by atoms with Gasteiger partial charge in [-0.1, -0.05) is 47.5 Å². The van der Waals surface area contributed by atoms with Gasteiger partial charge in [0.1, 0.15) is 0 Å². The van der Waals surface area contributed by atoms with Crippen molar-refractivity contribution in [2.24, 2.45) is 0 Å². The lowest BCUT2D eigenvalue weighted by Crippen LogP contribution is -2.33. The van der Waals surface area contributed by atoms with E-state index >= 15 is 0 Å². The monoisotopic (exact) mass is 462 g/mol. The number of methoxy groups -OCH3 is 2. The number of imide groups is 2. The van der Waals surface area contributed by atoms with Crippen LogP contribution in [0.5, 0.6) is 0 Å². The Labute approximate surface area is 198 Å². The van der Waals surface area contributed by atoms with Crippen molar-refractivity contribution in [3.05, 3.63) is 70.8 Å². The maximum Gasteiger partial charge on any atom is 0.421 e. The van der Waals surface area contributed by atoms with Crippen LogP contribution in [0.4, 0.5) is 21.0 Å². The van der Waals surface area contributed by atoms with Gasteiger partial charge in [0.25, 0.3) is 11.8 Å². The topological polar surface area (TPSA) is 93.2 Å². The molecule has 2 aromatic carbocycles. The van der Waals surface area contributed by atoms with Crippen LogP contribution in [0.15, 0.2) is 59.7 Å². The number of allylic oxidation sites excluding steroid dienone is 2. The minimum Gasteiger partial charge on any atom is -0.452 e. The van der Waals surface area contributed by atoms with E-state index in [1.165, 1.54) is 14.2 Å². The molecule has 0 saturated heterocycles. The smallest absolute Gasteiger partial charge is 0.421 e. The second kappa shape index (κ2) is 9.74. The predicted octanol–water partition coefficient (Wildman–Crippen LogP) is 5.19.